The molecular formula is C16H21Cl2NO3. The lowest BCUT2D eigenvalue weighted by molar-refractivity contribution is 0.0499. The average Bonchev–Trinajstić information content (AvgIpc) is 2.54. The number of carbonyl (C=O) groups excluding carboxylic acids is 1. The Morgan fingerprint density at radius 1 is 1.36 bits per heavy atom. The molecule has 1 saturated heterocycles. The molecule has 0 saturated carbocycles. The number of piperidine rings is 1. The molecule has 6 heteroatoms. The molecule has 1 aromatic carbocycles. The number of hydrogen-bond acceptors (Lipinski definition) is 3. The molecule has 1 aliphatic rings. The average molecular weight is 346 g/mol. The highest BCUT2D eigenvalue weighted by Gasteiger charge is 2.28. The third-order valence-corrected chi connectivity index (χ3v) is 4.45. The van der Waals surface area contributed by atoms with Gasteiger partial charge in [-0.2, -0.15) is 0 Å². The van der Waals surface area contributed by atoms with E-state index in [0.29, 0.717) is 53.6 Å². The summed E-state index contributed by atoms with van der Waals surface area (Å²) in [7, 11) is 1.49. The smallest absolute Gasteiger partial charge is 0.259 e. The second-order valence-electron chi connectivity index (χ2n) is 5.36. The van der Waals surface area contributed by atoms with Crippen LogP contribution < -0.4 is 4.74 Å². The number of benzene rings is 1. The molecule has 1 amide bonds. The summed E-state index contributed by atoms with van der Waals surface area (Å²) in [5, 5.41) is 0.747. The number of rotatable bonds is 5. The first-order chi connectivity index (χ1) is 10.6. The van der Waals surface area contributed by atoms with Crippen LogP contribution in [0.5, 0.6) is 5.75 Å². The Labute approximate surface area is 141 Å². The second kappa shape index (κ2) is 8.04. The van der Waals surface area contributed by atoms with Crippen LogP contribution in [0, 0.1) is 5.92 Å². The number of halogens is 2. The highest BCUT2D eigenvalue weighted by molar-refractivity contribution is 6.37. The SMILES string of the molecule is CCOCC1CCCN(C(=O)c2c(Cl)ccc(Cl)c2OC)C1. The van der Waals surface area contributed by atoms with Gasteiger partial charge in [-0.25, -0.2) is 0 Å². The monoisotopic (exact) mass is 345 g/mol. The predicted molar refractivity (Wildman–Crippen MR) is 88.1 cm³/mol. The van der Waals surface area contributed by atoms with Gasteiger partial charge in [0.25, 0.3) is 5.91 Å². The van der Waals surface area contributed by atoms with Crippen molar-refractivity contribution in [1.82, 2.24) is 4.90 Å². The minimum absolute atomic E-state index is 0.134. The van der Waals surface area contributed by atoms with Crippen LogP contribution in [-0.2, 0) is 4.74 Å². The van der Waals surface area contributed by atoms with Crippen LogP contribution in [-0.4, -0.2) is 44.2 Å². The zero-order chi connectivity index (χ0) is 16.1. The number of nitrogens with zero attached hydrogens (tertiary/aromatic N) is 1. The molecule has 122 valence electrons. The summed E-state index contributed by atoms with van der Waals surface area (Å²) in [5.41, 5.74) is 0.341. The number of hydrogen-bond donors (Lipinski definition) is 0. The molecule has 0 aliphatic carbocycles. The van der Waals surface area contributed by atoms with Crippen LogP contribution in [0.1, 0.15) is 30.1 Å². The fraction of sp³-hybridized carbons (Fsp3) is 0.562. The summed E-state index contributed by atoms with van der Waals surface area (Å²) in [4.78, 5) is 14.6. The minimum atomic E-state index is -0.134. The van der Waals surface area contributed by atoms with E-state index in [0.717, 1.165) is 12.8 Å². The molecule has 4 nitrogen and oxygen atoms in total. The van der Waals surface area contributed by atoms with Crippen LogP contribution in [0.3, 0.4) is 0 Å². The first kappa shape index (κ1) is 17.4. The van der Waals surface area contributed by atoms with Crippen molar-refractivity contribution in [3.8, 4) is 5.75 Å². The quantitative estimate of drug-likeness (QED) is 0.812. The van der Waals surface area contributed by atoms with Crippen molar-refractivity contribution in [2.24, 2.45) is 5.92 Å². The number of carbonyl (C=O) groups is 1. The fourth-order valence-electron chi connectivity index (χ4n) is 2.76. The van der Waals surface area contributed by atoms with Crippen molar-refractivity contribution in [2.45, 2.75) is 19.8 Å². The van der Waals surface area contributed by atoms with Crippen molar-refractivity contribution in [1.29, 1.82) is 0 Å². The second-order valence-corrected chi connectivity index (χ2v) is 6.17. The Morgan fingerprint density at radius 3 is 2.77 bits per heavy atom. The molecule has 2 rings (SSSR count). The van der Waals surface area contributed by atoms with Crippen molar-refractivity contribution in [2.75, 3.05) is 33.4 Å². The van der Waals surface area contributed by atoms with Gasteiger partial charge in [0.1, 0.15) is 5.56 Å². The molecule has 1 aromatic rings. The molecule has 0 bridgehead atoms. The third-order valence-electron chi connectivity index (χ3n) is 3.84. The lowest BCUT2D eigenvalue weighted by atomic mass is 9.98. The van der Waals surface area contributed by atoms with Gasteiger partial charge in [0.05, 0.1) is 23.8 Å². The maximum absolute atomic E-state index is 12.8. The normalized spacial score (nSPS) is 18.4. The van der Waals surface area contributed by atoms with Gasteiger partial charge >= 0.3 is 0 Å². The lowest BCUT2D eigenvalue weighted by Crippen LogP contribution is -2.41. The Kier molecular flexibility index (Phi) is 6.36. The summed E-state index contributed by atoms with van der Waals surface area (Å²) in [5.74, 6) is 0.568. The highest BCUT2D eigenvalue weighted by atomic mass is 35.5. The standard InChI is InChI=1S/C16H21Cl2NO3/c1-3-22-10-11-5-4-8-19(9-11)16(20)14-12(17)6-7-13(18)15(14)21-2/h6-7,11H,3-5,8-10H2,1-2H3. The topological polar surface area (TPSA) is 38.8 Å². The summed E-state index contributed by atoms with van der Waals surface area (Å²) < 4.78 is 10.8. The minimum Gasteiger partial charge on any atom is -0.494 e. The van der Waals surface area contributed by atoms with E-state index in [1.165, 1.54) is 7.11 Å². The van der Waals surface area contributed by atoms with Crippen LogP contribution in [0.2, 0.25) is 10.0 Å². The Balaban J connectivity index is 2.19. The van der Waals surface area contributed by atoms with Crippen LogP contribution in [0.4, 0.5) is 0 Å². The van der Waals surface area contributed by atoms with Crippen LogP contribution >= 0.6 is 23.2 Å². The molecular weight excluding hydrogens is 325 g/mol. The number of amides is 1. The zero-order valence-electron chi connectivity index (χ0n) is 12.9. The molecule has 1 aliphatic heterocycles. The first-order valence-electron chi connectivity index (χ1n) is 7.47. The van der Waals surface area contributed by atoms with Gasteiger partial charge in [0, 0.05) is 19.7 Å². The van der Waals surface area contributed by atoms with Crippen molar-refractivity contribution in [3.05, 3.63) is 27.7 Å². The van der Waals surface area contributed by atoms with Gasteiger partial charge < -0.3 is 14.4 Å². The van der Waals surface area contributed by atoms with E-state index >= 15 is 0 Å². The summed E-state index contributed by atoms with van der Waals surface area (Å²) in [6, 6.07) is 3.26. The van der Waals surface area contributed by atoms with Crippen molar-refractivity contribution in [3.63, 3.8) is 0 Å². The predicted octanol–water partition coefficient (Wildman–Crippen LogP) is 3.89. The zero-order valence-corrected chi connectivity index (χ0v) is 14.4. The molecule has 0 radical (unpaired) electrons. The van der Waals surface area contributed by atoms with Gasteiger partial charge in [-0.15, -0.1) is 0 Å². The van der Waals surface area contributed by atoms with Gasteiger partial charge in [-0.05, 0) is 37.8 Å². The summed E-state index contributed by atoms with van der Waals surface area (Å²) in [6.45, 7) is 4.74. The van der Waals surface area contributed by atoms with Crippen molar-refractivity contribution >= 4 is 29.1 Å². The number of likely N-dealkylation sites (tertiary alicyclic amines) is 1. The number of ether oxygens (including phenoxy) is 2. The summed E-state index contributed by atoms with van der Waals surface area (Å²) >= 11 is 12.3. The Bertz CT molecular complexity index is 536. The molecule has 1 fully saturated rings. The third kappa shape index (κ3) is 3.86. The molecule has 1 heterocycles. The van der Waals surface area contributed by atoms with Gasteiger partial charge in [-0.3, -0.25) is 4.79 Å². The molecule has 0 N–H and O–H groups in total. The number of methoxy groups -OCH3 is 1. The van der Waals surface area contributed by atoms with Crippen LogP contribution in [0.25, 0.3) is 0 Å². The van der Waals surface area contributed by atoms with Gasteiger partial charge in [0.15, 0.2) is 5.75 Å². The highest BCUT2D eigenvalue weighted by Crippen LogP contribution is 2.35. The molecule has 1 unspecified atom stereocenters. The molecule has 22 heavy (non-hydrogen) atoms. The maximum atomic E-state index is 12.8. The first-order valence-corrected chi connectivity index (χ1v) is 8.23. The van der Waals surface area contributed by atoms with Crippen LogP contribution in [0.15, 0.2) is 12.1 Å². The Morgan fingerprint density at radius 2 is 2.09 bits per heavy atom. The molecule has 0 aromatic heterocycles. The van der Waals surface area contributed by atoms with Gasteiger partial charge in [-0.1, -0.05) is 23.2 Å². The fourth-order valence-corrected chi connectivity index (χ4v) is 3.22. The van der Waals surface area contributed by atoms with E-state index in [4.69, 9.17) is 32.7 Å². The van der Waals surface area contributed by atoms with Crippen molar-refractivity contribution < 1.29 is 14.3 Å². The van der Waals surface area contributed by atoms with Gasteiger partial charge in [0.2, 0.25) is 0 Å². The van der Waals surface area contributed by atoms with E-state index in [9.17, 15) is 4.79 Å². The van der Waals surface area contributed by atoms with E-state index in [2.05, 4.69) is 0 Å². The maximum Gasteiger partial charge on any atom is 0.259 e. The Hall–Kier alpha value is -0.970. The van der Waals surface area contributed by atoms with E-state index in [-0.39, 0.29) is 5.91 Å². The van der Waals surface area contributed by atoms with E-state index < -0.39 is 0 Å². The van der Waals surface area contributed by atoms with E-state index in [1.54, 1.807) is 12.1 Å². The summed E-state index contributed by atoms with van der Waals surface area (Å²) in [6.07, 6.45) is 2.04. The molecule has 0 spiro atoms. The molecule has 1 atom stereocenters. The largest absolute Gasteiger partial charge is 0.494 e. The lowest BCUT2D eigenvalue weighted by Gasteiger charge is -2.33. The van der Waals surface area contributed by atoms with E-state index in [1.807, 2.05) is 11.8 Å².